The standard InChI is InChI=1S/C14H22N4O/c1-2-4-11(5-3-1)8-12-9-16-18-14(17-12)13-10-19-7-6-15-13/h9,11,13,15H,1-8,10H2. The van der Waals surface area contributed by atoms with E-state index in [4.69, 9.17) is 4.74 Å². The van der Waals surface area contributed by atoms with Gasteiger partial charge in [-0.15, -0.1) is 5.10 Å². The Labute approximate surface area is 114 Å². The summed E-state index contributed by atoms with van der Waals surface area (Å²) in [5.41, 5.74) is 1.09. The average Bonchev–Trinajstić information content (AvgIpc) is 2.49. The minimum Gasteiger partial charge on any atom is -0.378 e. The number of aromatic nitrogens is 3. The van der Waals surface area contributed by atoms with Crippen molar-refractivity contribution in [1.82, 2.24) is 20.5 Å². The van der Waals surface area contributed by atoms with Crippen molar-refractivity contribution >= 4 is 0 Å². The average molecular weight is 262 g/mol. The van der Waals surface area contributed by atoms with Crippen molar-refractivity contribution in [2.24, 2.45) is 5.92 Å². The van der Waals surface area contributed by atoms with Gasteiger partial charge < -0.3 is 10.1 Å². The number of nitrogens with one attached hydrogen (secondary N) is 1. The quantitative estimate of drug-likeness (QED) is 0.897. The van der Waals surface area contributed by atoms with Gasteiger partial charge in [0.2, 0.25) is 0 Å². The van der Waals surface area contributed by atoms with Crippen LogP contribution in [0.1, 0.15) is 49.7 Å². The summed E-state index contributed by atoms with van der Waals surface area (Å²) in [7, 11) is 0. The summed E-state index contributed by atoms with van der Waals surface area (Å²) in [6.07, 6.45) is 9.68. The molecule has 1 aromatic rings. The van der Waals surface area contributed by atoms with Gasteiger partial charge in [0, 0.05) is 6.54 Å². The molecular formula is C14H22N4O. The molecule has 0 bridgehead atoms. The number of nitrogens with zero attached hydrogens (tertiary/aromatic N) is 3. The number of rotatable bonds is 3. The molecule has 0 spiro atoms. The molecular weight excluding hydrogens is 240 g/mol. The van der Waals surface area contributed by atoms with Crippen LogP contribution in [-0.4, -0.2) is 34.9 Å². The fourth-order valence-electron chi connectivity index (χ4n) is 3.02. The fourth-order valence-corrected chi connectivity index (χ4v) is 3.02. The van der Waals surface area contributed by atoms with E-state index in [0.717, 1.165) is 37.0 Å². The molecule has 19 heavy (non-hydrogen) atoms. The molecule has 1 aliphatic carbocycles. The molecule has 1 aromatic heterocycles. The molecule has 5 nitrogen and oxygen atoms in total. The highest BCUT2D eigenvalue weighted by molar-refractivity contribution is 5.02. The molecule has 0 radical (unpaired) electrons. The Hall–Kier alpha value is -1.07. The molecule has 1 saturated carbocycles. The molecule has 104 valence electrons. The van der Waals surface area contributed by atoms with E-state index in [9.17, 15) is 0 Å². The molecule has 0 amide bonds. The summed E-state index contributed by atoms with van der Waals surface area (Å²) < 4.78 is 5.46. The maximum Gasteiger partial charge on any atom is 0.170 e. The maximum absolute atomic E-state index is 5.46. The highest BCUT2D eigenvalue weighted by Gasteiger charge is 2.20. The van der Waals surface area contributed by atoms with Gasteiger partial charge in [-0.2, -0.15) is 5.10 Å². The second-order valence-electron chi connectivity index (χ2n) is 5.60. The second-order valence-corrected chi connectivity index (χ2v) is 5.60. The molecule has 0 aromatic carbocycles. The fraction of sp³-hybridized carbons (Fsp3) is 0.786. The van der Waals surface area contributed by atoms with E-state index >= 15 is 0 Å². The first-order valence-corrected chi connectivity index (χ1v) is 7.41. The summed E-state index contributed by atoms with van der Waals surface area (Å²) in [5.74, 6) is 1.57. The van der Waals surface area contributed by atoms with Crippen LogP contribution in [0.4, 0.5) is 0 Å². The highest BCUT2D eigenvalue weighted by atomic mass is 16.5. The van der Waals surface area contributed by atoms with Crippen molar-refractivity contribution < 1.29 is 4.74 Å². The third-order valence-corrected chi connectivity index (χ3v) is 4.08. The minimum atomic E-state index is 0.104. The zero-order chi connectivity index (χ0) is 12.9. The lowest BCUT2D eigenvalue weighted by molar-refractivity contribution is 0.0737. The predicted octanol–water partition coefficient (Wildman–Crippen LogP) is 1.66. The van der Waals surface area contributed by atoms with Gasteiger partial charge >= 0.3 is 0 Å². The van der Waals surface area contributed by atoms with Crippen LogP contribution in [0.2, 0.25) is 0 Å². The Kier molecular flexibility index (Phi) is 4.35. The summed E-state index contributed by atoms with van der Waals surface area (Å²) in [6.45, 7) is 2.28. The third-order valence-electron chi connectivity index (χ3n) is 4.08. The van der Waals surface area contributed by atoms with Crippen LogP contribution in [0.5, 0.6) is 0 Å². The SMILES string of the molecule is c1nnc(C2COCCN2)nc1CC1CCCCC1. The molecule has 1 unspecified atom stereocenters. The highest BCUT2D eigenvalue weighted by Crippen LogP contribution is 2.26. The lowest BCUT2D eigenvalue weighted by Gasteiger charge is -2.23. The van der Waals surface area contributed by atoms with Crippen molar-refractivity contribution in [2.45, 2.75) is 44.6 Å². The first-order valence-electron chi connectivity index (χ1n) is 7.41. The molecule has 1 atom stereocenters. The van der Waals surface area contributed by atoms with E-state index < -0.39 is 0 Å². The number of morpholine rings is 1. The molecule has 2 aliphatic rings. The summed E-state index contributed by atoms with van der Waals surface area (Å²) >= 11 is 0. The van der Waals surface area contributed by atoms with Crippen LogP contribution in [0.15, 0.2) is 6.20 Å². The van der Waals surface area contributed by atoms with E-state index in [2.05, 4.69) is 20.5 Å². The van der Waals surface area contributed by atoms with E-state index in [1.807, 2.05) is 6.20 Å². The van der Waals surface area contributed by atoms with E-state index in [1.54, 1.807) is 0 Å². The van der Waals surface area contributed by atoms with Crippen LogP contribution in [0, 0.1) is 5.92 Å². The monoisotopic (exact) mass is 262 g/mol. The van der Waals surface area contributed by atoms with Crippen molar-refractivity contribution in [3.05, 3.63) is 17.7 Å². The van der Waals surface area contributed by atoms with Crippen molar-refractivity contribution in [3.63, 3.8) is 0 Å². The van der Waals surface area contributed by atoms with Gasteiger partial charge in [0.1, 0.15) is 0 Å². The summed E-state index contributed by atoms with van der Waals surface area (Å²) in [4.78, 5) is 4.67. The topological polar surface area (TPSA) is 59.9 Å². The Balaban J connectivity index is 1.64. The van der Waals surface area contributed by atoms with Gasteiger partial charge in [-0.25, -0.2) is 4.98 Å². The first-order chi connectivity index (χ1) is 9.42. The van der Waals surface area contributed by atoms with Crippen molar-refractivity contribution in [3.8, 4) is 0 Å². The van der Waals surface area contributed by atoms with Gasteiger partial charge in [-0.1, -0.05) is 32.1 Å². The van der Waals surface area contributed by atoms with E-state index in [1.165, 1.54) is 32.1 Å². The zero-order valence-corrected chi connectivity index (χ0v) is 11.3. The summed E-state index contributed by atoms with van der Waals surface area (Å²) in [5, 5.41) is 11.6. The normalized spacial score (nSPS) is 25.4. The third kappa shape index (κ3) is 3.48. The molecule has 3 rings (SSSR count). The van der Waals surface area contributed by atoms with Crippen LogP contribution in [0.3, 0.4) is 0 Å². The molecule has 2 heterocycles. The maximum atomic E-state index is 5.46. The Morgan fingerprint density at radius 3 is 2.95 bits per heavy atom. The number of hydrogen-bond donors (Lipinski definition) is 1. The largest absolute Gasteiger partial charge is 0.378 e. The lowest BCUT2D eigenvalue weighted by Crippen LogP contribution is -2.36. The Morgan fingerprint density at radius 2 is 2.16 bits per heavy atom. The van der Waals surface area contributed by atoms with Crippen LogP contribution in [0.25, 0.3) is 0 Å². The van der Waals surface area contributed by atoms with Crippen LogP contribution < -0.4 is 5.32 Å². The molecule has 5 heteroatoms. The molecule has 2 fully saturated rings. The van der Waals surface area contributed by atoms with Crippen LogP contribution in [-0.2, 0) is 11.2 Å². The molecule has 1 N–H and O–H groups in total. The van der Waals surface area contributed by atoms with Gasteiger partial charge in [0.05, 0.1) is 31.1 Å². The minimum absolute atomic E-state index is 0.104. The number of ether oxygens (including phenoxy) is 1. The first kappa shape index (κ1) is 12.9. The Morgan fingerprint density at radius 1 is 1.26 bits per heavy atom. The Bertz CT molecular complexity index is 400. The van der Waals surface area contributed by atoms with Gasteiger partial charge in [-0.05, 0) is 12.3 Å². The molecule has 1 saturated heterocycles. The van der Waals surface area contributed by atoms with Crippen molar-refractivity contribution in [2.75, 3.05) is 19.8 Å². The van der Waals surface area contributed by atoms with Gasteiger partial charge in [0.15, 0.2) is 5.82 Å². The zero-order valence-electron chi connectivity index (χ0n) is 11.3. The van der Waals surface area contributed by atoms with Gasteiger partial charge in [-0.3, -0.25) is 0 Å². The van der Waals surface area contributed by atoms with E-state index in [0.29, 0.717) is 6.61 Å². The summed E-state index contributed by atoms with van der Waals surface area (Å²) in [6, 6.07) is 0.104. The van der Waals surface area contributed by atoms with Crippen molar-refractivity contribution in [1.29, 1.82) is 0 Å². The predicted molar refractivity (Wildman–Crippen MR) is 71.7 cm³/mol. The second kappa shape index (κ2) is 6.39. The smallest absolute Gasteiger partial charge is 0.170 e. The van der Waals surface area contributed by atoms with Gasteiger partial charge in [0.25, 0.3) is 0 Å². The van der Waals surface area contributed by atoms with Crippen LogP contribution >= 0.6 is 0 Å². The molecule has 1 aliphatic heterocycles. The number of hydrogen-bond acceptors (Lipinski definition) is 5. The lowest BCUT2D eigenvalue weighted by atomic mass is 9.86. The van der Waals surface area contributed by atoms with E-state index in [-0.39, 0.29) is 6.04 Å².